The van der Waals surface area contributed by atoms with Gasteiger partial charge in [-0.15, -0.1) is 11.8 Å². The lowest BCUT2D eigenvalue weighted by Crippen LogP contribution is -2.15. The molecule has 0 bridgehead atoms. The molecule has 1 fully saturated rings. The number of thioether (sulfide) groups is 1. The van der Waals surface area contributed by atoms with Gasteiger partial charge in [-0.25, -0.2) is 0 Å². The van der Waals surface area contributed by atoms with E-state index in [1.54, 1.807) is 11.8 Å². The molecule has 0 amide bonds. The zero-order valence-corrected chi connectivity index (χ0v) is 10.6. The van der Waals surface area contributed by atoms with Gasteiger partial charge in [-0.05, 0) is 52.7 Å². The minimum Gasteiger partial charge on any atom is -0.310 e. The number of hydrogen-bond acceptors (Lipinski definition) is 2. The molecule has 1 N–H and O–H groups in total. The van der Waals surface area contributed by atoms with E-state index in [1.165, 1.54) is 27.8 Å². The first-order valence-corrected chi connectivity index (χ1v) is 6.87. The van der Waals surface area contributed by atoms with Crippen molar-refractivity contribution in [3.63, 3.8) is 0 Å². The normalized spacial score (nSPS) is 15.9. The molecule has 1 nitrogen and oxygen atoms in total. The van der Waals surface area contributed by atoms with Gasteiger partial charge in [-0.3, -0.25) is 0 Å². The van der Waals surface area contributed by atoms with Gasteiger partial charge in [-0.1, -0.05) is 6.07 Å². The van der Waals surface area contributed by atoms with Crippen LogP contribution in [0.3, 0.4) is 0 Å². The number of nitrogens with one attached hydrogen (secondary N) is 1. The van der Waals surface area contributed by atoms with Crippen molar-refractivity contribution in [3.05, 3.63) is 28.2 Å². The molecule has 0 aliphatic heterocycles. The van der Waals surface area contributed by atoms with Gasteiger partial charge in [0.2, 0.25) is 0 Å². The predicted molar refractivity (Wildman–Crippen MR) is 65.8 cm³/mol. The highest BCUT2D eigenvalue weighted by molar-refractivity contribution is 9.10. The molecule has 0 spiro atoms. The average Bonchev–Trinajstić information content (AvgIpc) is 2.98. The minimum atomic E-state index is 0.786. The highest BCUT2D eigenvalue weighted by Crippen LogP contribution is 2.27. The summed E-state index contributed by atoms with van der Waals surface area (Å²) in [5.74, 6) is 0. The number of halogens is 1. The molecule has 0 atom stereocenters. The summed E-state index contributed by atoms with van der Waals surface area (Å²) < 4.78 is 1.21. The highest BCUT2D eigenvalue weighted by atomic mass is 79.9. The van der Waals surface area contributed by atoms with Crippen LogP contribution in [0.1, 0.15) is 18.4 Å². The van der Waals surface area contributed by atoms with Gasteiger partial charge in [-0.2, -0.15) is 0 Å². The lowest BCUT2D eigenvalue weighted by Gasteiger charge is -2.06. The van der Waals surface area contributed by atoms with E-state index in [0.717, 1.165) is 12.6 Å². The van der Waals surface area contributed by atoms with Crippen molar-refractivity contribution in [3.8, 4) is 0 Å². The van der Waals surface area contributed by atoms with Crippen molar-refractivity contribution < 1.29 is 0 Å². The summed E-state index contributed by atoms with van der Waals surface area (Å²) in [6, 6.07) is 7.38. The van der Waals surface area contributed by atoms with E-state index >= 15 is 0 Å². The first kappa shape index (κ1) is 10.5. The predicted octanol–water partition coefficient (Wildman–Crippen LogP) is 3.42. The largest absolute Gasteiger partial charge is 0.310 e. The summed E-state index contributed by atoms with van der Waals surface area (Å²) in [5, 5.41) is 3.51. The Morgan fingerprint density at radius 2 is 2.29 bits per heavy atom. The lowest BCUT2D eigenvalue weighted by atomic mass is 10.2. The van der Waals surface area contributed by atoms with Crippen LogP contribution in [0.25, 0.3) is 0 Å². The quantitative estimate of drug-likeness (QED) is 0.843. The Labute approximate surface area is 97.8 Å². The van der Waals surface area contributed by atoms with E-state index in [9.17, 15) is 0 Å². The van der Waals surface area contributed by atoms with Crippen molar-refractivity contribution in [2.75, 3.05) is 6.26 Å². The Bertz CT molecular complexity index is 323. The van der Waals surface area contributed by atoms with Gasteiger partial charge in [0.15, 0.2) is 0 Å². The zero-order valence-electron chi connectivity index (χ0n) is 8.22. The van der Waals surface area contributed by atoms with Crippen molar-refractivity contribution in [2.24, 2.45) is 0 Å². The first-order valence-electron chi connectivity index (χ1n) is 4.85. The molecule has 0 radical (unpaired) electrons. The van der Waals surface area contributed by atoms with Gasteiger partial charge in [0.05, 0.1) is 0 Å². The molecule has 0 saturated heterocycles. The Kier molecular flexibility index (Phi) is 3.52. The molecule has 1 aliphatic rings. The first-order chi connectivity index (χ1) is 6.79. The van der Waals surface area contributed by atoms with Gasteiger partial charge in [0.25, 0.3) is 0 Å². The third-order valence-corrected chi connectivity index (χ3v) is 4.10. The number of benzene rings is 1. The van der Waals surface area contributed by atoms with Crippen LogP contribution in [0, 0.1) is 0 Å². The second-order valence-corrected chi connectivity index (χ2v) is 5.33. The average molecular weight is 272 g/mol. The van der Waals surface area contributed by atoms with Crippen molar-refractivity contribution in [1.29, 1.82) is 0 Å². The Hall–Kier alpha value is 0.01000. The maximum absolute atomic E-state index is 3.58. The zero-order chi connectivity index (χ0) is 9.97. The van der Waals surface area contributed by atoms with Crippen molar-refractivity contribution in [1.82, 2.24) is 5.32 Å². The van der Waals surface area contributed by atoms with Crippen molar-refractivity contribution in [2.45, 2.75) is 30.3 Å². The topological polar surface area (TPSA) is 12.0 Å². The number of rotatable bonds is 4. The molecule has 2 rings (SSSR count). The highest BCUT2D eigenvalue weighted by Gasteiger charge is 2.19. The molecular weight excluding hydrogens is 258 g/mol. The molecule has 0 unspecified atom stereocenters. The van der Waals surface area contributed by atoms with Crippen LogP contribution < -0.4 is 5.32 Å². The van der Waals surface area contributed by atoms with E-state index in [4.69, 9.17) is 0 Å². The van der Waals surface area contributed by atoms with E-state index in [1.807, 2.05) is 0 Å². The summed E-state index contributed by atoms with van der Waals surface area (Å²) in [7, 11) is 0. The third-order valence-electron chi connectivity index (χ3n) is 2.39. The van der Waals surface area contributed by atoms with Crippen LogP contribution in [-0.2, 0) is 6.54 Å². The molecule has 14 heavy (non-hydrogen) atoms. The molecule has 0 aromatic heterocycles. The summed E-state index contributed by atoms with van der Waals surface area (Å²) in [5.41, 5.74) is 1.36. The van der Waals surface area contributed by atoms with E-state index < -0.39 is 0 Å². The molecular formula is C11H14BrNS. The monoisotopic (exact) mass is 271 g/mol. The fraction of sp³-hybridized carbons (Fsp3) is 0.455. The molecule has 76 valence electrons. The standard InChI is InChI=1S/C11H14BrNS/c1-14-11-5-2-8(6-10(11)12)7-13-9-3-4-9/h2,5-6,9,13H,3-4,7H2,1H3. The van der Waals surface area contributed by atoms with E-state index in [2.05, 4.69) is 45.7 Å². The summed E-state index contributed by atoms with van der Waals surface area (Å²) in [4.78, 5) is 1.31. The Morgan fingerprint density at radius 3 is 2.86 bits per heavy atom. The van der Waals surface area contributed by atoms with E-state index in [0.29, 0.717) is 0 Å². The SMILES string of the molecule is CSc1ccc(CNC2CC2)cc1Br. The molecule has 1 aliphatic carbocycles. The molecule has 1 aromatic rings. The Balaban J connectivity index is 1.99. The maximum Gasteiger partial charge on any atom is 0.0314 e. The summed E-state index contributed by atoms with van der Waals surface area (Å²) in [6.45, 7) is 0.998. The van der Waals surface area contributed by atoms with Crippen LogP contribution in [0.15, 0.2) is 27.6 Å². The summed E-state index contributed by atoms with van der Waals surface area (Å²) >= 11 is 5.35. The van der Waals surface area contributed by atoms with Crippen LogP contribution in [0.4, 0.5) is 0 Å². The van der Waals surface area contributed by atoms with Gasteiger partial charge < -0.3 is 5.32 Å². The number of hydrogen-bond donors (Lipinski definition) is 1. The second kappa shape index (κ2) is 4.69. The lowest BCUT2D eigenvalue weighted by molar-refractivity contribution is 0.687. The van der Waals surface area contributed by atoms with Crippen LogP contribution in [-0.4, -0.2) is 12.3 Å². The molecule has 1 aromatic carbocycles. The van der Waals surface area contributed by atoms with Crippen LogP contribution in [0.5, 0.6) is 0 Å². The third kappa shape index (κ3) is 2.75. The van der Waals surface area contributed by atoms with Gasteiger partial charge >= 0.3 is 0 Å². The second-order valence-electron chi connectivity index (χ2n) is 3.62. The van der Waals surface area contributed by atoms with E-state index in [-0.39, 0.29) is 0 Å². The fourth-order valence-electron chi connectivity index (χ4n) is 1.37. The smallest absolute Gasteiger partial charge is 0.0314 e. The van der Waals surface area contributed by atoms with Gasteiger partial charge in [0, 0.05) is 22.0 Å². The fourth-order valence-corrected chi connectivity index (χ4v) is 2.74. The molecule has 1 saturated carbocycles. The minimum absolute atomic E-state index is 0.786. The summed E-state index contributed by atoms with van der Waals surface area (Å²) in [6.07, 6.45) is 4.80. The Morgan fingerprint density at radius 1 is 1.50 bits per heavy atom. The molecule has 0 heterocycles. The van der Waals surface area contributed by atoms with Gasteiger partial charge in [0.1, 0.15) is 0 Å². The molecule has 3 heteroatoms. The van der Waals surface area contributed by atoms with Crippen LogP contribution >= 0.6 is 27.7 Å². The maximum atomic E-state index is 3.58. The van der Waals surface area contributed by atoms with Crippen LogP contribution in [0.2, 0.25) is 0 Å². The van der Waals surface area contributed by atoms with Crippen molar-refractivity contribution >= 4 is 27.7 Å².